The highest BCUT2D eigenvalue weighted by molar-refractivity contribution is 7.12. The van der Waals surface area contributed by atoms with Crippen molar-refractivity contribution in [1.29, 1.82) is 0 Å². The van der Waals surface area contributed by atoms with E-state index in [0.29, 0.717) is 17.7 Å². The second kappa shape index (κ2) is 6.59. The zero-order chi connectivity index (χ0) is 16.4. The van der Waals surface area contributed by atoms with Crippen LogP contribution < -0.4 is 0 Å². The summed E-state index contributed by atoms with van der Waals surface area (Å²) in [5.74, 6) is -1.23. The van der Waals surface area contributed by atoms with Gasteiger partial charge in [-0.2, -0.15) is 0 Å². The lowest BCUT2D eigenvalue weighted by molar-refractivity contribution is -0.143. The molecule has 6 nitrogen and oxygen atoms in total. The molecule has 3 heterocycles. The Labute approximate surface area is 139 Å². The van der Waals surface area contributed by atoms with Gasteiger partial charge in [0.2, 0.25) is 0 Å². The first-order chi connectivity index (χ1) is 11.1. The molecule has 2 fully saturated rings. The van der Waals surface area contributed by atoms with Gasteiger partial charge in [0, 0.05) is 25.9 Å². The quantitative estimate of drug-likeness (QED) is 0.908. The first-order valence-corrected chi connectivity index (χ1v) is 8.91. The molecule has 2 saturated heterocycles. The molecule has 2 aliphatic heterocycles. The number of amides is 1. The van der Waals surface area contributed by atoms with Crippen LogP contribution in [0.3, 0.4) is 0 Å². The molecule has 1 atom stereocenters. The van der Waals surface area contributed by atoms with Gasteiger partial charge >= 0.3 is 5.97 Å². The summed E-state index contributed by atoms with van der Waals surface area (Å²) >= 11 is 1.34. The van der Waals surface area contributed by atoms with Crippen molar-refractivity contribution in [3.05, 3.63) is 22.4 Å². The fourth-order valence-electron chi connectivity index (χ4n) is 3.52. The van der Waals surface area contributed by atoms with Crippen molar-refractivity contribution in [2.45, 2.75) is 38.0 Å². The maximum atomic E-state index is 12.9. The second-order valence-corrected chi connectivity index (χ2v) is 7.05. The van der Waals surface area contributed by atoms with E-state index in [1.807, 2.05) is 5.38 Å². The number of carboxylic acid groups (broad SMARTS) is 1. The topological polar surface area (TPSA) is 70.1 Å². The number of piperidine rings is 1. The van der Waals surface area contributed by atoms with E-state index in [1.165, 1.54) is 16.2 Å². The molecule has 1 N–H and O–H groups in total. The predicted octanol–water partition coefficient (Wildman–Crippen LogP) is 1.88. The molecule has 1 aromatic heterocycles. The number of carboxylic acids is 1. The van der Waals surface area contributed by atoms with E-state index in [2.05, 4.69) is 11.8 Å². The third kappa shape index (κ3) is 3.00. The number of hydrogen-bond acceptors (Lipinski definition) is 5. The number of thiophene rings is 1. The fourth-order valence-corrected chi connectivity index (χ4v) is 4.18. The van der Waals surface area contributed by atoms with Gasteiger partial charge in [-0.15, -0.1) is 11.3 Å². The minimum Gasteiger partial charge on any atom is -0.480 e. The molecular formula is C16H22N2O4S. The lowest BCUT2D eigenvalue weighted by Crippen LogP contribution is -2.58. The number of likely N-dealkylation sites (tertiary alicyclic amines) is 1. The van der Waals surface area contributed by atoms with Crippen LogP contribution in [0.15, 0.2) is 17.5 Å². The van der Waals surface area contributed by atoms with Crippen molar-refractivity contribution in [1.82, 2.24) is 9.80 Å². The van der Waals surface area contributed by atoms with Gasteiger partial charge in [-0.3, -0.25) is 9.69 Å². The standard InChI is InChI=1S/C16H22N2O4S/c1-2-7-17-8-5-16(6-9-17)18(12(11-22-16)15(20)21)14(19)13-4-3-10-23-13/h3-4,10,12H,2,5-9,11H2,1H3,(H,20,21)/t12-/m0/s1. The van der Waals surface area contributed by atoms with Crippen molar-refractivity contribution in [3.63, 3.8) is 0 Å². The highest BCUT2D eigenvalue weighted by atomic mass is 32.1. The number of carbonyl (C=O) groups excluding carboxylic acids is 1. The van der Waals surface area contributed by atoms with Crippen LogP contribution in [0.2, 0.25) is 0 Å². The Kier molecular flexibility index (Phi) is 4.70. The number of carbonyl (C=O) groups is 2. The van der Waals surface area contributed by atoms with E-state index >= 15 is 0 Å². The zero-order valence-electron chi connectivity index (χ0n) is 13.2. The molecule has 1 aromatic rings. The summed E-state index contributed by atoms with van der Waals surface area (Å²) in [5.41, 5.74) is -0.769. The number of aliphatic carboxylic acids is 1. The van der Waals surface area contributed by atoms with Gasteiger partial charge < -0.3 is 14.7 Å². The highest BCUT2D eigenvalue weighted by Crippen LogP contribution is 2.38. The van der Waals surface area contributed by atoms with E-state index in [-0.39, 0.29) is 12.5 Å². The molecule has 0 aliphatic carbocycles. The van der Waals surface area contributed by atoms with E-state index in [9.17, 15) is 14.7 Å². The molecule has 23 heavy (non-hydrogen) atoms. The third-order valence-corrected chi connectivity index (χ3v) is 5.53. The minimum atomic E-state index is -0.997. The van der Waals surface area contributed by atoms with Crippen LogP contribution in [-0.2, 0) is 9.53 Å². The highest BCUT2D eigenvalue weighted by Gasteiger charge is 2.54. The Balaban J connectivity index is 1.84. The van der Waals surface area contributed by atoms with Gasteiger partial charge in [-0.1, -0.05) is 13.0 Å². The molecule has 0 aromatic carbocycles. The maximum Gasteiger partial charge on any atom is 0.328 e. The van der Waals surface area contributed by atoms with Crippen LogP contribution >= 0.6 is 11.3 Å². The third-order valence-electron chi connectivity index (χ3n) is 4.67. The van der Waals surface area contributed by atoms with E-state index in [4.69, 9.17) is 4.74 Å². The molecule has 126 valence electrons. The SMILES string of the molecule is CCCN1CCC2(CC1)OC[C@@H](C(=O)O)N2C(=O)c1cccs1. The van der Waals surface area contributed by atoms with Crippen LogP contribution in [0, 0.1) is 0 Å². The fraction of sp³-hybridized carbons (Fsp3) is 0.625. The molecule has 0 bridgehead atoms. The average Bonchev–Trinajstić information content (AvgIpc) is 3.18. The molecule has 2 aliphatic rings. The summed E-state index contributed by atoms with van der Waals surface area (Å²) in [7, 11) is 0. The summed E-state index contributed by atoms with van der Waals surface area (Å²) in [6, 6.07) is 2.65. The van der Waals surface area contributed by atoms with Crippen LogP contribution in [0.1, 0.15) is 35.9 Å². The number of rotatable bonds is 4. The van der Waals surface area contributed by atoms with Crippen LogP contribution in [0.25, 0.3) is 0 Å². The lowest BCUT2D eigenvalue weighted by Gasteiger charge is -2.44. The normalized spacial score (nSPS) is 24.2. The summed E-state index contributed by atoms with van der Waals surface area (Å²) < 4.78 is 5.92. The van der Waals surface area contributed by atoms with Gasteiger partial charge in [-0.25, -0.2) is 4.79 Å². The molecule has 1 amide bonds. The van der Waals surface area contributed by atoms with E-state index < -0.39 is 17.7 Å². The Bertz CT molecular complexity index is 567. The van der Waals surface area contributed by atoms with E-state index in [1.54, 1.807) is 12.1 Å². The summed E-state index contributed by atoms with van der Waals surface area (Å²) in [4.78, 5) is 28.9. The Hall–Kier alpha value is -1.44. The first kappa shape index (κ1) is 16.4. The molecular weight excluding hydrogens is 316 g/mol. The summed E-state index contributed by atoms with van der Waals surface area (Å²) in [6.45, 7) is 4.89. The molecule has 3 rings (SSSR count). The Morgan fingerprint density at radius 2 is 2.17 bits per heavy atom. The maximum absolute atomic E-state index is 12.9. The largest absolute Gasteiger partial charge is 0.480 e. The first-order valence-electron chi connectivity index (χ1n) is 8.04. The smallest absolute Gasteiger partial charge is 0.328 e. The van der Waals surface area contributed by atoms with Crippen LogP contribution in [-0.4, -0.2) is 64.8 Å². The number of hydrogen-bond donors (Lipinski definition) is 1. The zero-order valence-corrected chi connectivity index (χ0v) is 14.1. The predicted molar refractivity (Wildman–Crippen MR) is 86.6 cm³/mol. The number of nitrogens with zero attached hydrogens (tertiary/aromatic N) is 2. The summed E-state index contributed by atoms with van der Waals surface area (Å²) in [6.07, 6.45) is 2.41. The molecule has 0 saturated carbocycles. The van der Waals surface area contributed by atoms with Gasteiger partial charge in [0.25, 0.3) is 5.91 Å². The van der Waals surface area contributed by atoms with Crippen molar-refractivity contribution >= 4 is 23.2 Å². The Morgan fingerprint density at radius 1 is 1.43 bits per heavy atom. The monoisotopic (exact) mass is 338 g/mol. The van der Waals surface area contributed by atoms with Gasteiger partial charge in [-0.05, 0) is 24.4 Å². The molecule has 0 radical (unpaired) electrons. The van der Waals surface area contributed by atoms with Crippen molar-refractivity contribution in [2.24, 2.45) is 0 Å². The Morgan fingerprint density at radius 3 is 2.74 bits per heavy atom. The molecule has 1 spiro atoms. The van der Waals surface area contributed by atoms with Gasteiger partial charge in [0.05, 0.1) is 11.5 Å². The molecule has 0 unspecified atom stereocenters. The van der Waals surface area contributed by atoms with Crippen molar-refractivity contribution in [3.8, 4) is 0 Å². The minimum absolute atomic E-state index is 0.0697. The van der Waals surface area contributed by atoms with Crippen molar-refractivity contribution in [2.75, 3.05) is 26.2 Å². The van der Waals surface area contributed by atoms with Crippen molar-refractivity contribution < 1.29 is 19.4 Å². The summed E-state index contributed by atoms with van der Waals surface area (Å²) in [5, 5.41) is 11.3. The van der Waals surface area contributed by atoms with Crippen LogP contribution in [0.5, 0.6) is 0 Å². The van der Waals surface area contributed by atoms with E-state index in [0.717, 1.165) is 26.1 Å². The molecule has 7 heteroatoms. The lowest BCUT2D eigenvalue weighted by atomic mass is 9.97. The van der Waals surface area contributed by atoms with Gasteiger partial charge in [0.1, 0.15) is 5.72 Å². The average molecular weight is 338 g/mol. The second-order valence-electron chi connectivity index (χ2n) is 6.11. The van der Waals surface area contributed by atoms with Gasteiger partial charge in [0.15, 0.2) is 6.04 Å². The van der Waals surface area contributed by atoms with Crippen LogP contribution in [0.4, 0.5) is 0 Å². The number of ether oxygens (including phenoxy) is 1.